The molecule has 0 spiro atoms. The van der Waals surface area contributed by atoms with Gasteiger partial charge in [0.2, 0.25) is 0 Å². The first kappa shape index (κ1) is 14.6. The highest BCUT2D eigenvalue weighted by atomic mass is 19.1. The molecule has 0 radical (unpaired) electrons. The monoisotopic (exact) mass is 253 g/mol. The van der Waals surface area contributed by atoms with E-state index < -0.39 is 6.04 Å². The second-order valence-corrected chi connectivity index (χ2v) is 4.45. The highest BCUT2D eigenvalue weighted by Gasteiger charge is 2.22. The topological polar surface area (TPSA) is 38.3 Å². The minimum atomic E-state index is -0.412. The van der Waals surface area contributed by atoms with Crippen molar-refractivity contribution in [3.05, 3.63) is 35.6 Å². The van der Waals surface area contributed by atoms with Gasteiger partial charge in [0.15, 0.2) is 0 Å². The molecule has 0 fully saturated rings. The SMILES string of the molecule is CCOC(=O)[C@H](NCc1ccccc1F)C(C)C. The summed E-state index contributed by atoms with van der Waals surface area (Å²) >= 11 is 0. The van der Waals surface area contributed by atoms with E-state index in [2.05, 4.69) is 5.32 Å². The summed E-state index contributed by atoms with van der Waals surface area (Å²) in [5.41, 5.74) is 0.549. The first-order valence-corrected chi connectivity index (χ1v) is 6.19. The normalized spacial score (nSPS) is 12.5. The van der Waals surface area contributed by atoms with Gasteiger partial charge in [-0.3, -0.25) is 10.1 Å². The second kappa shape index (κ2) is 7.11. The fourth-order valence-corrected chi connectivity index (χ4v) is 1.68. The van der Waals surface area contributed by atoms with Gasteiger partial charge >= 0.3 is 5.97 Å². The van der Waals surface area contributed by atoms with E-state index in [1.165, 1.54) is 6.07 Å². The van der Waals surface area contributed by atoms with Gasteiger partial charge in [0.05, 0.1) is 6.61 Å². The Balaban J connectivity index is 2.63. The molecule has 1 atom stereocenters. The van der Waals surface area contributed by atoms with Gasteiger partial charge in [0.1, 0.15) is 11.9 Å². The van der Waals surface area contributed by atoms with Gasteiger partial charge in [-0.25, -0.2) is 4.39 Å². The molecule has 1 aromatic rings. The van der Waals surface area contributed by atoms with Gasteiger partial charge in [-0.15, -0.1) is 0 Å². The Labute approximate surface area is 107 Å². The van der Waals surface area contributed by atoms with Crippen molar-refractivity contribution in [2.75, 3.05) is 6.61 Å². The number of carbonyl (C=O) groups is 1. The molecule has 0 aliphatic rings. The van der Waals surface area contributed by atoms with Crippen molar-refractivity contribution in [1.29, 1.82) is 0 Å². The standard InChI is InChI=1S/C14H20FNO2/c1-4-18-14(17)13(10(2)3)16-9-11-7-5-6-8-12(11)15/h5-8,10,13,16H,4,9H2,1-3H3/t13-/m1/s1. The summed E-state index contributed by atoms with van der Waals surface area (Å²) in [6.45, 7) is 6.29. The van der Waals surface area contributed by atoms with Crippen molar-refractivity contribution >= 4 is 5.97 Å². The van der Waals surface area contributed by atoms with Crippen LogP contribution in [0.15, 0.2) is 24.3 Å². The van der Waals surface area contributed by atoms with E-state index in [0.29, 0.717) is 18.7 Å². The number of esters is 1. The Kier molecular flexibility index (Phi) is 5.78. The number of hydrogen-bond acceptors (Lipinski definition) is 3. The van der Waals surface area contributed by atoms with Crippen molar-refractivity contribution < 1.29 is 13.9 Å². The summed E-state index contributed by atoms with van der Waals surface area (Å²) in [7, 11) is 0. The van der Waals surface area contributed by atoms with Crippen molar-refractivity contribution in [2.24, 2.45) is 5.92 Å². The lowest BCUT2D eigenvalue weighted by Gasteiger charge is -2.20. The highest BCUT2D eigenvalue weighted by Crippen LogP contribution is 2.09. The molecule has 100 valence electrons. The quantitative estimate of drug-likeness (QED) is 0.792. The molecule has 1 N–H and O–H groups in total. The Bertz CT molecular complexity index is 393. The molecular weight excluding hydrogens is 233 g/mol. The van der Waals surface area contributed by atoms with Gasteiger partial charge < -0.3 is 4.74 Å². The van der Waals surface area contributed by atoms with Crippen LogP contribution in [-0.4, -0.2) is 18.6 Å². The van der Waals surface area contributed by atoms with Gasteiger partial charge in [0.25, 0.3) is 0 Å². The van der Waals surface area contributed by atoms with Crippen LogP contribution >= 0.6 is 0 Å². The van der Waals surface area contributed by atoms with Gasteiger partial charge in [0, 0.05) is 12.1 Å². The summed E-state index contributed by atoms with van der Waals surface area (Å²) in [6, 6.07) is 6.11. The molecule has 0 bridgehead atoms. The number of halogens is 1. The minimum Gasteiger partial charge on any atom is -0.465 e. The van der Waals surface area contributed by atoms with Gasteiger partial charge in [-0.1, -0.05) is 32.0 Å². The van der Waals surface area contributed by atoms with Crippen LogP contribution in [0.25, 0.3) is 0 Å². The third kappa shape index (κ3) is 4.11. The molecular formula is C14H20FNO2. The van der Waals surface area contributed by atoms with Crippen LogP contribution < -0.4 is 5.32 Å². The summed E-state index contributed by atoms with van der Waals surface area (Å²) in [4.78, 5) is 11.7. The molecule has 0 heterocycles. The first-order valence-electron chi connectivity index (χ1n) is 6.19. The third-order valence-corrected chi connectivity index (χ3v) is 2.68. The molecule has 1 aromatic carbocycles. The van der Waals surface area contributed by atoms with Crippen molar-refractivity contribution in [3.63, 3.8) is 0 Å². The Morgan fingerprint density at radius 3 is 2.61 bits per heavy atom. The maximum absolute atomic E-state index is 13.4. The van der Waals surface area contributed by atoms with E-state index in [1.807, 2.05) is 13.8 Å². The molecule has 18 heavy (non-hydrogen) atoms. The van der Waals surface area contributed by atoms with E-state index in [1.54, 1.807) is 25.1 Å². The molecule has 1 rings (SSSR count). The lowest BCUT2D eigenvalue weighted by atomic mass is 10.0. The lowest BCUT2D eigenvalue weighted by molar-refractivity contribution is -0.146. The predicted molar refractivity (Wildman–Crippen MR) is 68.5 cm³/mol. The summed E-state index contributed by atoms with van der Waals surface area (Å²) in [5, 5.41) is 3.05. The van der Waals surface area contributed by atoms with E-state index >= 15 is 0 Å². The summed E-state index contributed by atoms with van der Waals surface area (Å²) in [5.74, 6) is -0.462. The van der Waals surface area contributed by atoms with Gasteiger partial charge in [-0.2, -0.15) is 0 Å². The van der Waals surface area contributed by atoms with Crippen LogP contribution in [0.5, 0.6) is 0 Å². The van der Waals surface area contributed by atoms with Gasteiger partial charge in [-0.05, 0) is 18.9 Å². The molecule has 0 saturated heterocycles. The third-order valence-electron chi connectivity index (χ3n) is 2.68. The molecule has 0 aliphatic carbocycles. The lowest BCUT2D eigenvalue weighted by Crippen LogP contribution is -2.41. The fourth-order valence-electron chi connectivity index (χ4n) is 1.68. The second-order valence-electron chi connectivity index (χ2n) is 4.45. The van der Waals surface area contributed by atoms with Crippen molar-refractivity contribution in [1.82, 2.24) is 5.32 Å². The number of ether oxygens (including phenoxy) is 1. The maximum atomic E-state index is 13.4. The van der Waals surface area contributed by atoms with Crippen LogP contribution in [0, 0.1) is 11.7 Å². The Morgan fingerprint density at radius 1 is 1.39 bits per heavy atom. The Morgan fingerprint density at radius 2 is 2.06 bits per heavy atom. The molecule has 0 aromatic heterocycles. The molecule has 3 nitrogen and oxygen atoms in total. The highest BCUT2D eigenvalue weighted by molar-refractivity contribution is 5.76. The summed E-state index contributed by atoms with van der Waals surface area (Å²) < 4.78 is 18.4. The number of rotatable bonds is 6. The predicted octanol–water partition coefficient (Wildman–Crippen LogP) is 2.50. The number of nitrogens with one attached hydrogen (secondary N) is 1. The largest absolute Gasteiger partial charge is 0.465 e. The fraction of sp³-hybridized carbons (Fsp3) is 0.500. The van der Waals surface area contributed by atoms with Crippen LogP contribution in [0.4, 0.5) is 4.39 Å². The van der Waals surface area contributed by atoms with E-state index in [9.17, 15) is 9.18 Å². The first-order chi connectivity index (χ1) is 8.56. The molecule has 4 heteroatoms. The Hall–Kier alpha value is -1.42. The van der Waals surface area contributed by atoms with Crippen LogP contribution in [-0.2, 0) is 16.1 Å². The number of benzene rings is 1. The molecule has 0 unspecified atom stereocenters. The average molecular weight is 253 g/mol. The van der Waals surface area contributed by atoms with E-state index in [0.717, 1.165) is 0 Å². The number of hydrogen-bond donors (Lipinski definition) is 1. The van der Waals surface area contributed by atoms with Crippen LogP contribution in [0.2, 0.25) is 0 Å². The minimum absolute atomic E-state index is 0.0934. The smallest absolute Gasteiger partial charge is 0.323 e. The maximum Gasteiger partial charge on any atom is 0.323 e. The molecule has 0 amide bonds. The zero-order chi connectivity index (χ0) is 13.5. The average Bonchev–Trinajstić information content (AvgIpc) is 2.31. The zero-order valence-electron chi connectivity index (χ0n) is 11.1. The van der Waals surface area contributed by atoms with Crippen molar-refractivity contribution in [2.45, 2.75) is 33.4 Å². The zero-order valence-corrected chi connectivity index (χ0v) is 11.1. The molecule has 0 aliphatic heterocycles. The van der Waals surface area contributed by atoms with Crippen LogP contribution in [0.3, 0.4) is 0 Å². The summed E-state index contributed by atoms with van der Waals surface area (Å²) in [6.07, 6.45) is 0. The number of carbonyl (C=O) groups excluding carboxylic acids is 1. The van der Waals surface area contributed by atoms with Crippen LogP contribution in [0.1, 0.15) is 26.3 Å². The van der Waals surface area contributed by atoms with E-state index in [4.69, 9.17) is 4.74 Å². The molecule has 0 saturated carbocycles. The van der Waals surface area contributed by atoms with Crippen molar-refractivity contribution in [3.8, 4) is 0 Å². The van der Waals surface area contributed by atoms with E-state index in [-0.39, 0.29) is 17.7 Å².